The van der Waals surface area contributed by atoms with Crippen LogP contribution in [-0.4, -0.2) is 12.5 Å². The Morgan fingerprint density at radius 3 is 1.67 bits per heavy atom. The summed E-state index contributed by atoms with van der Waals surface area (Å²) in [5, 5.41) is 12.7. The molecule has 1 nitrogen and oxygen atoms in total. The number of hydrogen-bond donors (Lipinski definition) is 0. The van der Waals surface area contributed by atoms with Crippen LogP contribution in [0.5, 0.6) is 0 Å². The van der Waals surface area contributed by atoms with Gasteiger partial charge in [-0.25, -0.2) is 0 Å². The first-order valence-corrected chi connectivity index (χ1v) is 8.12. The molecule has 0 aromatic heterocycles. The van der Waals surface area contributed by atoms with Crippen LogP contribution in [-0.2, 0) is 10.9 Å². The third-order valence-electron chi connectivity index (χ3n) is 3.04. The fraction of sp³-hybridized carbons (Fsp3) is 0.250. The molecular formula is C16H18OS. The van der Waals surface area contributed by atoms with Crippen molar-refractivity contribution in [3.05, 3.63) is 71.8 Å². The Labute approximate surface area is 112 Å². The first-order chi connectivity index (χ1) is 8.70. The molecule has 2 rings (SSSR count). The number of rotatable bonds is 4. The largest absolute Gasteiger partial charge is 0.845 e. The van der Waals surface area contributed by atoms with E-state index < -0.39 is 6.10 Å². The lowest BCUT2D eigenvalue weighted by Gasteiger charge is -2.30. The first-order valence-electron chi connectivity index (χ1n) is 6.02. The van der Waals surface area contributed by atoms with Gasteiger partial charge < -0.3 is 5.11 Å². The van der Waals surface area contributed by atoms with Crippen molar-refractivity contribution in [1.29, 1.82) is 0 Å². The summed E-state index contributed by atoms with van der Waals surface area (Å²) in [5.74, 6) is 0. The van der Waals surface area contributed by atoms with Gasteiger partial charge in [-0.15, -0.1) is 0 Å². The minimum atomic E-state index is -0.688. The highest BCUT2D eigenvalue weighted by molar-refractivity contribution is 7.95. The van der Waals surface area contributed by atoms with Gasteiger partial charge in [0.2, 0.25) is 0 Å². The van der Waals surface area contributed by atoms with E-state index in [-0.39, 0.29) is 16.1 Å². The quantitative estimate of drug-likeness (QED) is 0.773. The highest BCUT2D eigenvalue weighted by Gasteiger charge is 2.26. The van der Waals surface area contributed by atoms with Gasteiger partial charge in [0, 0.05) is 5.56 Å². The second kappa shape index (κ2) is 6.07. The summed E-state index contributed by atoms with van der Waals surface area (Å²) < 4.78 is 0. The van der Waals surface area contributed by atoms with Crippen molar-refractivity contribution < 1.29 is 5.11 Å². The Kier molecular flexibility index (Phi) is 4.45. The van der Waals surface area contributed by atoms with E-state index in [2.05, 4.69) is 24.6 Å². The molecule has 94 valence electrons. The van der Waals surface area contributed by atoms with Gasteiger partial charge in [-0.1, -0.05) is 66.2 Å². The van der Waals surface area contributed by atoms with Gasteiger partial charge in [0.15, 0.2) is 0 Å². The maximum absolute atomic E-state index is 12.7. The van der Waals surface area contributed by atoms with Gasteiger partial charge in [0.25, 0.3) is 0 Å². The van der Waals surface area contributed by atoms with Crippen molar-refractivity contribution in [2.75, 3.05) is 12.5 Å². The Morgan fingerprint density at radius 1 is 0.778 bits per heavy atom. The Hall–Kier alpha value is -1.25. The van der Waals surface area contributed by atoms with Gasteiger partial charge in [-0.05, 0) is 17.0 Å². The van der Waals surface area contributed by atoms with Crippen LogP contribution in [0.4, 0.5) is 0 Å². The van der Waals surface area contributed by atoms with Crippen molar-refractivity contribution in [1.82, 2.24) is 0 Å². The highest BCUT2D eigenvalue weighted by atomic mass is 32.2. The molecule has 0 saturated heterocycles. The highest BCUT2D eigenvalue weighted by Crippen LogP contribution is 2.33. The average Bonchev–Trinajstić information content (AvgIpc) is 2.40. The van der Waals surface area contributed by atoms with Crippen LogP contribution in [0.3, 0.4) is 0 Å². The third-order valence-corrected chi connectivity index (χ3v) is 4.57. The van der Waals surface area contributed by atoms with E-state index >= 15 is 0 Å². The average molecular weight is 258 g/mol. The Bertz CT molecular complexity index is 467. The van der Waals surface area contributed by atoms with E-state index in [1.54, 1.807) is 0 Å². The molecule has 0 aliphatic carbocycles. The van der Waals surface area contributed by atoms with E-state index in [0.29, 0.717) is 0 Å². The molecule has 0 spiro atoms. The Morgan fingerprint density at radius 2 is 1.22 bits per heavy atom. The van der Waals surface area contributed by atoms with Crippen LogP contribution in [0.1, 0.15) is 22.5 Å². The molecule has 0 radical (unpaired) electrons. The van der Waals surface area contributed by atoms with Crippen LogP contribution >= 0.6 is 0 Å². The fourth-order valence-corrected chi connectivity index (χ4v) is 3.51. The summed E-state index contributed by atoms with van der Waals surface area (Å²) in [4.78, 5) is 0. The van der Waals surface area contributed by atoms with Crippen molar-refractivity contribution >= 4 is 10.9 Å². The molecule has 2 heteroatoms. The van der Waals surface area contributed by atoms with Crippen LogP contribution in [0.15, 0.2) is 60.7 Å². The monoisotopic (exact) mass is 258 g/mol. The summed E-state index contributed by atoms with van der Waals surface area (Å²) in [6.45, 7) is 0. The molecule has 0 bridgehead atoms. The van der Waals surface area contributed by atoms with Gasteiger partial charge in [0.05, 0.1) is 12.5 Å². The molecule has 0 N–H and O–H groups in total. The molecule has 0 amide bonds. The third kappa shape index (κ3) is 2.95. The normalized spacial score (nSPS) is 14.4. The molecule has 0 aliphatic rings. The molecule has 0 heterocycles. The minimum absolute atomic E-state index is 0.0496. The maximum Gasteiger partial charge on any atom is 0.134 e. The van der Waals surface area contributed by atoms with E-state index in [0.717, 1.165) is 11.1 Å². The standard InChI is InChI=1S/C16H18OS/c1-18(2)16(14-11-7-4-8-12-14)15(17)13-9-5-3-6-10-13/h3-12,15-16H,1-2H3/t15-,16-/m1/s1. The number of hydrogen-bond acceptors (Lipinski definition) is 1. The van der Waals surface area contributed by atoms with Gasteiger partial charge in [-0.2, -0.15) is 0 Å². The lowest BCUT2D eigenvalue weighted by Crippen LogP contribution is -2.28. The zero-order valence-corrected chi connectivity index (χ0v) is 11.6. The van der Waals surface area contributed by atoms with E-state index in [1.165, 1.54) is 0 Å². The molecule has 18 heavy (non-hydrogen) atoms. The van der Waals surface area contributed by atoms with Gasteiger partial charge >= 0.3 is 0 Å². The van der Waals surface area contributed by atoms with Crippen molar-refractivity contribution in [3.63, 3.8) is 0 Å². The van der Waals surface area contributed by atoms with Crippen molar-refractivity contribution in [2.45, 2.75) is 11.4 Å². The second-order valence-electron chi connectivity index (χ2n) is 4.54. The smallest absolute Gasteiger partial charge is 0.134 e. The van der Waals surface area contributed by atoms with E-state index in [1.807, 2.05) is 48.5 Å². The van der Waals surface area contributed by atoms with Crippen LogP contribution in [0.25, 0.3) is 0 Å². The van der Waals surface area contributed by atoms with Crippen LogP contribution in [0, 0.1) is 0 Å². The fourth-order valence-electron chi connectivity index (χ4n) is 2.15. The topological polar surface area (TPSA) is 23.1 Å². The lowest BCUT2D eigenvalue weighted by molar-refractivity contribution is -0.427. The summed E-state index contributed by atoms with van der Waals surface area (Å²) in [7, 11) is 0.0526. The maximum atomic E-state index is 12.7. The molecular weight excluding hydrogens is 240 g/mol. The van der Waals surface area contributed by atoms with Gasteiger partial charge in [0.1, 0.15) is 5.25 Å². The predicted molar refractivity (Wildman–Crippen MR) is 77.6 cm³/mol. The van der Waals surface area contributed by atoms with Crippen molar-refractivity contribution in [2.24, 2.45) is 0 Å². The SMILES string of the molecule is C[S+](C)[C@H](c1ccccc1)[C@H]([O-])c1ccccc1. The zero-order chi connectivity index (χ0) is 13.0. The van der Waals surface area contributed by atoms with Crippen LogP contribution in [0.2, 0.25) is 0 Å². The second-order valence-corrected chi connectivity index (χ2v) is 6.81. The van der Waals surface area contributed by atoms with Crippen molar-refractivity contribution in [3.8, 4) is 0 Å². The molecule has 0 unspecified atom stereocenters. The predicted octanol–water partition coefficient (Wildman–Crippen LogP) is 2.71. The zero-order valence-electron chi connectivity index (χ0n) is 10.7. The summed E-state index contributed by atoms with van der Waals surface area (Å²) in [6.07, 6.45) is 3.60. The van der Waals surface area contributed by atoms with E-state index in [9.17, 15) is 5.11 Å². The first kappa shape index (κ1) is 13.2. The molecule has 0 fully saturated rings. The molecule has 0 aliphatic heterocycles. The molecule has 2 aromatic rings. The van der Waals surface area contributed by atoms with Crippen LogP contribution < -0.4 is 5.11 Å². The molecule has 0 saturated carbocycles. The molecule has 2 aromatic carbocycles. The summed E-state index contributed by atoms with van der Waals surface area (Å²) in [6, 6.07) is 19.8. The van der Waals surface area contributed by atoms with E-state index in [4.69, 9.17) is 0 Å². The lowest BCUT2D eigenvalue weighted by atomic mass is 10.0. The molecule has 2 atom stereocenters. The number of benzene rings is 2. The van der Waals surface area contributed by atoms with Gasteiger partial charge in [-0.3, -0.25) is 0 Å². The summed E-state index contributed by atoms with van der Waals surface area (Å²) >= 11 is 0. The minimum Gasteiger partial charge on any atom is -0.845 e. The Balaban J connectivity index is 2.32. The summed E-state index contributed by atoms with van der Waals surface area (Å²) in [5.41, 5.74) is 2.03.